The summed E-state index contributed by atoms with van der Waals surface area (Å²) in [4.78, 5) is 24.4. The zero-order valence-electron chi connectivity index (χ0n) is 38.5. The molecule has 0 aromatic rings. The maximum absolute atomic E-state index is 12.4. The quantitative estimate of drug-likeness (QED) is 0.0323. The zero-order chi connectivity index (χ0) is 42.3. The van der Waals surface area contributed by atoms with Gasteiger partial charge in [-0.2, -0.15) is 0 Å². The van der Waals surface area contributed by atoms with E-state index in [9.17, 15) is 19.8 Å². The van der Waals surface area contributed by atoms with Crippen LogP contribution in [0, 0.1) is 0 Å². The molecule has 0 bridgehead atoms. The summed E-state index contributed by atoms with van der Waals surface area (Å²) < 4.78 is 5.42. The van der Waals surface area contributed by atoms with Gasteiger partial charge in [-0.25, -0.2) is 0 Å². The molecule has 6 nitrogen and oxygen atoms in total. The second-order valence-electron chi connectivity index (χ2n) is 17.1. The Morgan fingerprint density at radius 1 is 0.466 bits per heavy atom. The van der Waals surface area contributed by atoms with Gasteiger partial charge in [0, 0.05) is 12.8 Å². The van der Waals surface area contributed by atoms with Crippen LogP contribution in [-0.4, -0.2) is 47.4 Å². The standard InChI is InChI=1S/C52H97NO5/c1-3-5-7-9-11-13-15-17-19-21-22-24-28-32-36-40-44-50(55)49(48-54)53-51(56)45-41-37-33-29-26-27-31-35-39-43-47-58-52(57)46-42-38-34-30-25-23-20-18-16-14-12-10-8-6-4-2/h18,20,27,31,40,44,49-50,54-55H,3-17,19,21-26,28-30,32-39,41-43,45-48H2,1-2H3,(H,53,56)/b20-18-,31-27-,44-40+. The predicted octanol–water partition coefficient (Wildman–Crippen LogP) is 14.9. The topological polar surface area (TPSA) is 95.9 Å². The summed E-state index contributed by atoms with van der Waals surface area (Å²) in [5, 5.41) is 23.0. The largest absolute Gasteiger partial charge is 0.466 e. The highest BCUT2D eigenvalue weighted by molar-refractivity contribution is 5.76. The SMILES string of the molecule is CCCCCCCC/C=C\CCCCCCCC(=O)OCCCC/C=C\CCCCCCC(=O)NC(CO)C(O)/C=C/CCCCCCCCCCCCCCCC. The van der Waals surface area contributed by atoms with Crippen LogP contribution in [0.25, 0.3) is 0 Å². The predicted molar refractivity (Wildman–Crippen MR) is 250 cm³/mol. The van der Waals surface area contributed by atoms with Gasteiger partial charge in [0.25, 0.3) is 0 Å². The summed E-state index contributed by atoms with van der Waals surface area (Å²) in [6, 6.07) is -0.653. The van der Waals surface area contributed by atoms with Gasteiger partial charge in [0.2, 0.25) is 5.91 Å². The maximum atomic E-state index is 12.4. The second kappa shape index (κ2) is 47.8. The first kappa shape index (κ1) is 56.1. The number of hydrogen-bond donors (Lipinski definition) is 3. The first-order valence-electron chi connectivity index (χ1n) is 25.3. The van der Waals surface area contributed by atoms with Gasteiger partial charge in [0.1, 0.15) is 0 Å². The zero-order valence-corrected chi connectivity index (χ0v) is 38.5. The molecule has 0 aliphatic carbocycles. The number of carbonyl (C=O) groups is 2. The number of rotatable bonds is 46. The number of allylic oxidation sites excluding steroid dienone is 5. The van der Waals surface area contributed by atoms with E-state index in [0.29, 0.717) is 19.4 Å². The normalized spacial score (nSPS) is 13.0. The van der Waals surface area contributed by atoms with Gasteiger partial charge in [-0.3, -0.25) is 9.59 Å². The third-order valence-corrected chi connectivity index (χ3v) is 11.4. The van der Waals surface area contributed by atoms with Crippen molar-refractivity contribution < 1.29 is 24.5 Å². The second-order valence-corrected chi connectivity index (χ2v) is 17.1. The molecule has 0 radical (unpaired) electrons. The number of unbranched alkanes of at least 4 members (excludes halogenated alkanes) is 31. The van der Waals surface area contributed by atoms with E-state index in [2.05, 4.69) is 43.5 Å². The van der Waals surface area contributed by atoms with Crippen LogP contribution in [0.15, 0.2) is 36.5 Å². The first-order chi connectivity index (χ1) is 28.5. The van der Waals surface area contributed by atoms with E-state index < -0.39 is 12.1 Å². The Bertz CT molecular complexity index is 946. The number of esters is 1. The molecule has 0 aromatic heterocycles. The highest BCUT2D eigenvalue weighted by Gasteiger charge is 2.18. The lowest BCUT2D eigenvalue weighted by atomic mass is 10.0. The van der Waals surface area contributed by atoms with Gasteiger partial charge in [0.05, 0.1) is 25.4 Å². The molecule has 0 aliphatic rings. The van der Waals surface area contributed by atoms with E-state index in [0.717, 1.165) is 77.0 Å². The van der Waals surface area contributed by atoms with Crippen LogP contribution >= 0.6 is 0 Å². The Labute approximate surface area is 360 Å². The Morgan fingerprint density at radius 2 is 0.810 bits per heavy atom. The maximum Gasteiger partial charge on any atom is 0.305 e. The van der Waals surface area contributed by atoms with Gasteiger partial charge in [0.15, 0.2) is 0 Å². The summed E-state index contributed by atoms with van der Waals surface area (Å²) in [6.07, 6.45) is 57.1. The van der Waals surface area contributed by atoms with Crippen LogP contribution in [0.1, 0.15) is 258 Å². The summed E-state index contributed by atoms with van der Waals surface area (Å²) in [6.45, 7) is 4.80. The van der Waals surface area contributed by atoms with Crippen molar-refractivity contribution in [1.82, 2.24) is 5.32 Å². The molecule has 0 fully saturated rings. The molecule has 0 heterocycles. The van der Waals surface area contributed by atoms with Crippen LogP contribution < -0.4 is 5.32 Å². The fourth-order valence-electron chi connectivity index (χ4n) is 7.44. The van der Waals surface area contributed by atoms with Crippen LogP contribution in [-0.2, 0) is 14.3 Å². The van der Waals surface area contributed by atoms with Crippen molar-refractivity contribution in [2.24, 2.45) is 0 Å². The number of ether oxygens (including phenoxy) is 1. The minimum absolute atomic E-state index is 0.0469. The van der Waals surface area contributed by atoms with Crippen LogP contribution in [0.2, 0.25) is 0 Å². The fraction of sp³-hybridized carbons (Fsp3) is 0.846. The first-order valence-corrected chi connectivity index (χ1v) is 25.3. The monoisotopic (exact) mass is 816 g/mol. The van der Waals surface area contributed by atoms with Crippen molar-refractivity contribution in [2.45, 2.75) is 270 Å². The highest BCUT2D eigenvalue weighted by Crippen LogP contribution is 2.15. The summed E-state index contributed by atoms with van der Waals surface area (Å²) in [5.41, 5.74) is 0. The molecule has 0 aromatic carbocycles. The van der Waals surface area contributed by atoms with Crippen molar-refractivity contribution in [2.75, 3.05) is 13.2 Å². The Kier molecular flexibility index (Phi) is 46.2. The summed E-state index contributed by atoms with van der Waals surface area (Å²) in [5.74, 6) is -0.151. The number of hydrogen-bond acceptors (Lipinski definition) is 5. The highest BCUT2D eigenvalue weighted by atomic mass is 16.5. The van der Waals surface area contributed by atoms with E-state index in [1.807, 2.05) is 6.08 Å². The van der Waals surface area contributed by atoms with Crippen molar-refractivity contribution in [3.05, 3.63) is 36.5 Å². The average Bonchev–Trinajstić information content (AvgIpc) is 3.22. The van der Waals surface area contributed by atoms with Crippen molar-refractivity contribution in [3.8, 4) is 0 Å². The molecular formula is C52H97NO5. The minimum Gasteiger partial charge on any atom is -0.466 e. The summed E-state index contributed by atoms with van der Waals surface area (Å²) in [7, 11) is 0. The van der Waals surface area contributed by atoms with Crippen LogP contribution in [0.4, 0.5) is 0 Å². The number of carbonyl (C=O) groups excluding carboxylic acids is 2. The molecule has 3 N–H and O–H groups in total. The molecule has 0 saturated carbocycles. The van der Waals surface area contributed by atoms with Crippen molar-refractivity contribution in [3.63, 3.8) is 0 Å². The van der Waals surface area contributed by atoms with Gasteiger partial charge in [-0.1, -0.05) is 198 Å². The summed E-state index contributed by atoms with van der Waals surface area (Å²) >= 11 is 0. The fourth-order valence-corrected chi connectivity index (χ4v) is 7.44. The lowest BCUT2D eigenvalue weighted by molar-refractivity contribution is -0.143. The molecular weight excluding hydrogens is 719 g/mol. The minimum atomic E-state index is -0.866. The number of nitrogens with one attached hydrogen (secondary N) is 1. The van der Waals surface area contributed by atoms with Gasteiger partial charge < -0.3 is 20.3 Å². The molecule has 1 amide bonds. The smallest absolute Gasteiger partial charge is 0.305 e. The number of aliphatic hydroxyl groups excluding tert-OH is 2. The van der Waals surface area contributed by atoms with Gasteiger partial charge in [-0.15, -0.1) is 0 Å². The van der Waals surface area contributed by atoms with Crippen LogP contribution in [0.3, 0.4) is 0 Å². The van der Waals surface area contributed by atoms with Crippen molar-refractivity contribution >= 4 is 11.9 Å². The third-order valence-electron chi connectivity index (χ3n) is 11.4. The average molecular weight is 816 g/mol. The molecule has 2 atom stereocenters. The lowest BCUT2D eigenvalue weighted by Crippen LogP contribution is -2.45. The lowest BCUT2D eigenvalue weighted by Gasteiger charge is -2.20. The van der Waals surface area contributed by atoms with Gasteiger partial charge in [-0.05, 0) is 83.5 Å². The molecule has 0 rings (SSSR count). The van der Waals surface area contributed by atoms with Crippen molar-refractivity contribution in [1.29, 1.82) is 0 Å². The number of aliphatic hydroxyl groups is 2. The van der Waals surface area contributed by atoms with Gasteiger partial charge >= 0.3 is 5.97 Å². The number of amides is 1. The molecule has 0 saturated heterocycles. The van der Waals surface area contributed by atoms with E-state index in [1.54, 1.807) is 6.08 Å². The van der Waals surface area contributed by atoms with E-state index in [-0.39, 0.29) is 18.5 Å². The van der Waals surface area contributed by atoms with E-state index in [4.69, 9.17) is 4.74 Å². The van der Waals surface area contributed by atoms with E-state index in [1.165, 1.54) is 154 Å². The third kappa shape index (κ3) is 43.7. The molecule has 6 heteroatoms. The Hall–Kier alpha value is -1.92. The molecule has 340 valence electrons. The van der Waals surface area contributed by atoms with Crippen LogP contribution in [0.5, 0.6) is 0 Å². The van der Waals surface area contributed by atoms with E-state index >= 15 is 0 Å². The molecule has 2 unspecified atom stereocenters. The Balaban J connectivity index is 3.58. The molecule has 0 aliphatic heterocycles. The molecule has 58 heavy (non-hydrogen) atoms. The molecule has 0 spiro atoms. The Morgan fingerprint density at radius 3 is 1.22 bits per heavy atom.